The molecule has 2 unspecified atom stereocenters. The molecule has 0 aliphatic heterocycles. The summed E-state index contributed by atoms with van der Waals surface area (Å²) in [7, 11) is 0. The van der Waals surface area contributed by atoms with E-state index in [2.05, 4.69) is 0 Å². The molecule has 0 saturated carbocycles. The lowest BCUT2D eigenvalue weighted by Gasteiger charge is -2.21. The predicted molar refractivity (Wildman–Crippen MR) is 113 cm³/mol. The smallest absolute Gasteiger partial charge is 0.232 e. The molecular formula is C24H30O6. The van der Waals surface area contributed by atoms with Crippen LogP contribution < -0.4 is 0 Å². The quantitative estimate of drug-likeness (QED) is 0.460. The molecule has 4 N–H and O–H groups in total. The number of aryl methyl sites for hydroxylation is 4. The third kappa shape index (κ3) is 5.83. The molecule has 162 valence electrons. The van der Waals surface area contributed by atoms with Gasteiger partial charge in [-0.25, -0.2) is 0 Å². The van der Waals surface area contributed by atoms with E-state index in [-0.39, 0.29) is 12.8 Å². The van der Waals surface area contributed by atoms with E-state index in [1.54, 1.807) is 0 Å². The van der Waals surface area contributed by atoms with E-state index < -0.39 is 36.0 Å². The molecule has 6 heteroatoms. The van der Waals surface area contributed by atoms with Gasteiger partial charge in [0.15, 0.2) is 0 Å². The van der Waals surface area contributed by atoms with Crippen LogP contribution in [0.2, 0.25) is 0 Å². The van der Waals surface area contributed by atoms with Gasteiger partial charge >= 0.3 is 0 Å². The molecule has 0 heterocycles. The summed E-state index contributed by atoms with van der Waals surface area (Å²) in [6.07, 6.45) is -7.03. The van der Waals surface area contributed by atoms with Gasteiger partial charge < -0.3 is 20.4 Å². The Morgan fingerprint density at radius 3 is 1.33 bits per heavy atom. The van der Waals surface area contributed by atoms with Crippen LogP contribution in [0, 0.1) is 27.7 Å². The van der Waals surface area contributed by atoms with E-state index in [0.717, 1.165) is 33.4 Å². The zero-order valence-electron chi connectivity index (χ0n) is 17.8. The van der Waals surface area contributed by atoms with Gasteiger partial charge in [-0.2, -0.15) is 0 Å². The van der Waals surface area contributed by atoms with Crippen molar-refractivity contribution in [3.8, 4) is 0 Å². The Hall–Kier alpha value is -2.38. The van der Waals surface area contributed by atoms with Crippen LogP contribution in [0.3, 0.4) is 0 Å². The molecule has 0 saturated heterocycles. The van der Waals surface area contributed by atoms with Crippen molar-refractivity contribution >= 4 is 11.6 Å². The molecule has 2 rings (SSSR count). The minimum absolute atomic E-state index is 0.0190. The van der Waals surface area contributed by atoms with Crippen LogP contribution in [0.1, 0.15) is 33.4 Å². The van der Waals surface area contributed by atoms with Gasteiger partial charge in [0.1, 0.15) is 12.2 Å². The summed E-state index contributed by atoms with van der Waals surface area (Å²) in [5, 5.41) is 40.9. The van der Waals surface area contributed by atoms with E-state index in [1.165, 1.54) is 0 Å². The van der Waals surface area contributed by atoms with Crippen LogP contribution in [0.5, 0.6) is 0 Å². The molecule has 4 atom stereocenters. The minimum atomic E-state index is -1.99. The lowest BCUT2D eigenvalue weighted by Crippen LogP contribution is -2.47. The highest BCUT2D eigenvalue weighted by molar-refractivity contribution is 6.40. The maximum atomic E-state index is 12.3. The Labute approximate surface area is 176 Å². The Morgan fingerprint density at radius 1 is 0.667 bits per heavy atom. The molecule has 0 aromatic heterocycles. The monoisotopic (exact) mass is 414 g/mol. The fourth-order valence-corrected chi connectivity index (χ4v) is 3.36. The first kappa shape index (κ1) is 23.9. The minimum Gasteiger partial charge on any atom is -0.390 e. The summed E-state index contributed by atoms with van der Waals surface area (Å²) in [6.45, 7) is 7.45. The SMILES string of the molecule is Cc1ccc(C)c(CC(O)[C@H](O)C(=O)C(=O)[C@H](O)C(O)Cc2cc(C)ccc2C)c1. The predicted octanol–water partition coefficient (Wildman–Crippen LogP) is 1.29. The van der Waals surface area contributed by atoms with Crippen molar-refractivity contribution in [1.82, 2.24) is 0 Å². The Morgan fingerprint density at radius 2 is 1.00 bits per heavy atom. The lowest BCUT2D eigenvalue weighted by atomic mass is 9.92. The molecule has 30 heavy (non-hydrogen) atoms. The van der Waals surface area contributed by atoms with Crippen molar-refractivity contribution in [3.63, 3.8) is 0 Å². The number of hydrogen-bond acceptors (Lipinski definition) is 6. The highest BCUT2D eigenvalue weighted by atomic mass is 16.3. The number of carbonyl (C=O) groups excluding carboxylic acids is 2. The van der Waals surface area contributed by atoms with Crippen molar-refractivity contribution < 1.29 is 30.0 Å². The van der Waals surface area contributed by atoms with E-state index in [1.807, 2.05) is 64.1 Å². The Kier molecular flexibility index (Phi) is 8.03. The average Bonchev–Trinajstić information content (AvgIpc) is 2.70. The van der Waals surface area contributed by atoms with Crippen molar-refractivity contribution in [1.29, 1.82) is 0 Å². The van der Waals surface area contributed by atoms with E-state index in [4.69, 9.17) is 0 Å². The summed E-state index contributed by atoms with van der Waals surface area (Å²) in [4.78, 5) is 24.6. The first-order valence-corrected chi connectivity index (χ1v) is 9.93. The lowest BCUT2D eigenvalue weighted by molar-refractivity contribution is -0.152. The number of hydrogen-bond donors (Lipinski definition) is 4. The van der Waals surface area contributed by atoms with Crippen LogP contribution in [-0.2, 0) is 22.4 Å². The Balaban J connectivity index is 2.04. The van der Waals surface area contributed by atoms with Gasteiger partial charge in [-0.1, -0.05) is 47.5 Å². The van der Waals surface area contributed by atoms with Crippen LogP contribution in [-0.4, -0.2) is 56.4 Å². The van der Waals surface area contributed by atoms with Crippen LogP contribution in [0.25, 0.3) is 0 Å². The van der Waals surface area contributed by atoms with E-state index >= 15 is 0 Å². The third-order valence-electron chi connectivity index (χ3n) is 5.38. The molecule has 0 spiro atoms. The molecule has 0 radical (unpaired) electrons. The topological polar surface area (TPSA) is 115 Å². The van der Waals surface area contributed by atoms with Gasteiger partial charge in [-0.15, -0.1) is 0 Å². The largest absolute Gasteiger partial charge is 0.390 e. The number of rotatable bonds is 9. The summed E-state index contributed by atoms with van der Waals surface area (Å²) in [5.74, 6) is -2.64. The van der Waals surface area contributed by atoms with Crippen LogP contribution in [0.4, 0.5) is 0 Å². The second-order valence-electron chi connectivity index (χ2n) is 8.02. The first-order valence-electron chi connectivity index (χ1n) is 9.93. The molecule has 2 aromatic rings. The highest BCUT2D eigenvalue weighted by Gasteiger charge is 2.36. The zero-order chi connectivity index (χ0) is 22.6. The number of Topliss-reactive ketones (excluding diaryl/α,β-unsaturated/α-hetero) is 2. The fourth-order valence-electron chi connectivity index (χ4n) is 3.36. The van der Waals surface area contributed by atoms with Crippen molar-refractivity contribution in [2.45, 2.75) is 65.0 Å². The van der Waals surface area contributed by atoms with E-state index in [9.17, 15) is 30.0 Å². The molecule has 0 amide bonds. The summed E-state index contributed by atoms with van der Waals surface area (Å²) < 4.78 is 0. The number of aliphatic hydroxyl groups is 4. The first-order chi connectivity index (χ1) is 14.0. The van der Waals surface area contributed by atoms with Gasteiger partial charge in [-0.05, 0) is 49.9 Å². The maximum absolute atomic E-state index is 12.3. The van der Waals surface area contributed by atoms with Crippen LogP contribution in [0.15, 0.2) is 36.4 Å². The molecular weight excluding hydrogens is 384 g/mol. The number of benzene rings is 2. The van der Waals surface area contributed by atoms with Gasteiger partial charge in [0.2, 0.25) is 11.6 Å². The molecule has 0 fully saturated rings. The average molecular weight is 414 g/mol. The molecule has 0 aliphatic carbocycles. The van der Waals surface area contributed by atoms with Gasteiger partial charge in [0, 0.05) is 12.8 Å². The normalized spacial score (nSPS) is 15.3. The zero-order valence-corrected chi connectivity index (χ0v) is 17.8. The van der Waals surface area contributed by atoms with Gasteiger partial charge in [-0.3, -0.25) is 9.59 Å². The van der Waals surface area contributed by atoms with E-state index in [0.29, 0.717) is 0 Å². The van der Waals surface area contributed by atoms with Crippen molar-refractivity contribution in [2.75, 3.05) is 0 Å². The second kappa shape index (κ2) is 10.1. The van der Waals surface area contributed by atoms with Gasteiger partial charge in [0.25, 0.3) is 0 Å². The fraction of sp³-hybridized carbons (Fsp3) is 0.417. The molecule has 0 bridgehead atoms. The van der Waals surface area contributed by atoms with Gasteiger partial charge in [0.05, 0.1) is 12.2 Å². The van der Waals surface area contributed by atoms with Crippen LogP contribution >= 0.6 is 0 Å². The summed E-state index contributed by atoms with van der Waals surface area (Å²) >= 11 is 0. The summed E-state index contributed by atoms with van der Waals surface area (Å²) in [6, 6.07) is 11.2. The maximum Gasteiger partial charge on any atom is 0.232 e. The number of carbonyl (C=O) groups is 2. The second-order valence-corrected chi connectivity index (χ2v) is 8.02. The summed E-state index contributed by atoms with van der Waals surface area (Å²) in [5.41, 5.74) is 5.19. The third-order valence-corrected chi connectivity index (χ3v) is 5.38. The van der Waals surface area contributed by atoms with Crippen molar-refractivity contribution in [2.24, 2.45) is 0 Å². The number of aliphatic hydroxyl groups excluding tert-OH is 4. The molecule has 6 nitrogen and oxygen atoms in total. The molecule has 2 aromatic carbocycles. The standard InChI is InChI=1S/C24H30O6/c1-13-5-7-15(3)17(9-13)11-19(25)21(27)23(29)24(30)22(28)20(26)12-18-10-14(2)6-8-16(18)4/h5-10,19-22,25-28H,11-12H2,1-4H3/t19?,20?,21-,22+. The number of ketones is 2. The highest BCUT2D eigenvalue weighted by Crippen LogP contribution is 2.17. The van der Waals surface area contributed by atoms with Crippen molar-refractivity contribution in [3.05, 3.63) is 69.8 Å². The molecule has 0 aliphatic rings. The Bertz CT molecular complexity index is 844.